The molecule has 1 aliphatic carbocycles. The van der Waals surface area contributed by atoms with E-state index in [0.717, 1.165) is 25.7 Å². The van der Waals surface area contributed by atoms with Crippen molar-refractivity contribution >= 4 is 12.0 Å². The quantitative estimate of drug-likeness (QED) is 0.722. The fourth-order valence-electron chi connectivity index (χ4n) is 2.32. The molecule has 0 aromatic carbocycles. The Bertz CT molecular complexity index is 273. The van der Waals surface area contributed by atoms with Crippen LogP contribution in [-0.2, 0) is 4.79 Å². The van der Waals surface area contributed by atoms with E-state index in [0.29, 0.717) is 6.42 Å². The SMILES string of the molecule is CCC(NC(=O)NC1CCCCCCC1)C(=O)O. The van der Waals surface area contributed by atoms with Gasteiger partial charge in [0, 0.05) is 6.04 Å². The number of nitrogens with one attached hydrogen (secondary N) is 2. The number of carboxylic acid groups (broad SMARTS) is 1. The summed E-state index contributed by atoms with van der Waals surface area (Å²) >= 11 is 0. The molecule has 0 heterocycles. The lowest BCUT2D eigenvalue weighted by atomic mass is 9.97. The number of carboxylic acids is 1. The topological polar surface area (TPSA) is 78.4 Å². The zero-order chi connectivity index (χ0) is 13.4. The Hall–Kier alpha value is -1.26. The van der Waals surface area contributed by atoms with Gasteiger partial charge in [-0.1, -0.05) is 39.0 Å². The highest BCUT2D eigenvalue weighted by Crippen LogP contribution is 2.16. The number of urea groups is 1. The van der Waals surface area contributed by atoms with Crippen LogP contribution in [0.25, 0.3) is 0 Å². The van der Waals surface area contributed by atoms with E-state index in [1.165, 1.54) is 19.3 Å². The maximum Gasteiger partial charge on any atom is 0.326 e. The van der Waals surface area contributed by atoms with Crippen LogP contribution in [0.3, 0.4) is 0 Å². The van der Waals surface area contributed by atoms with Crippen molar-refractivity contribution in [3.63, 3.8) is 0 Å². The third-order valence-corrected chi connectivity index (χ3v) is 3.45. The van der Waals surface area contributed by atoms with Crippen LogP contribution in [0, 0.1) is 0 Å². The molecule has 1 aliphatic rings. The van der Waals surface area contributed by atoms with E-state index in [1.807, 2.05) is 0 Å². The van der Waals surface area contributed by atoms with Gasteiger partial charge in [0.1, 0.15) is 6.04 Å². The second kappa shape index (κ2) is 7.95. The maximum absolute atomic E-state index is 11.7. The van der Waals surface area contributed by atoms with Gasteiger partial charge in [-0.3, -0.25) is 0 Å². The molecule has 0 radical (unpaired) electrons. The van der Waals surface area contributed by atoms with E-state index in [1.54, 1.807) is 6.92 Å². The second-order valence-corrected chi connectivity index (χ2v) is 4.96. The van der Waals surface area contributed by atoms with Crippen molar-refractivity contribution in [2.45, 2.75) is 70.4 Å². The average Bonchev–Trinajstić information content (AvgIpc) is 2.29. The molecule has 0 aromatic rings. The molecule has 2 amide bonds. The molecule has 0 aromatic heterocycles. The van der Waals surface area contributed by atoms with Crippen LogP contribution < -0.4 is 10.6 Å². The average molecular weight is 256 g/mol. The molecule has 104 valence electrons. The summed E-state index contributed by atoms with van der Waals surface area (Å²) in [6.07, 6.45) is 8.42. The van der Waals surface area contributed by atoms with Gasteiger partial charge in [-0.2, -0.15) is 0 Å². The highest BCUT2D eigenvalue weighted by Gasteiger charge is 2.19. The van der Waals surface area contributed by atoms with Crippen LogP contribution in [0.2, 0.25) is 0 Å². The van der Waals surface area contributed by atoms with Gasteiger partial charge in [0.15, 0.2) is 0 Å². The molecule has 1 saturated carbocycles. The summed E-state index contributed by atoms with van der Waals surface area (Å²) in [5, 5.41) is 14.3. The highest BCUT2D eigenvalue weighted by atomic mass is 16.4. The summed E-state index contributed by atoms with van der Waals surface area (Å²) in [5.74, 6) is -0.981. The van der Waals surface area contributed by atoms with Crippen molar-refractivity contribution < 1.29 is 14.7 Å². The van der Waals surface area contributed by atoms with Gasteiger partial charge in [-0.25, -0.2) is 9.59 Å². The van der Waals surface area contributed by atoms with E-state index >= 15 is 0 Å². The van der Waals surface area contributed by atoms with E-state index < -0.39 is 12.0 Å². The predicted octanol–water partition coefficient (Wildman–Crippen LogP) is 2.26. The van der Waals surface area contributed by atoms with Crippen LogP contribution in [0.5, 0.6) is 0 Å². The molecule has 5 nitrogen and oxygen atoms in total. The third-order valence-electron chi connectivity index (χ3n) is 3.45. The van der Waals surface area contributed by atoms with Crippen LogP contribution in [0.15, 0.2) is 0 Å². The van der Waals surface area contributed by atoms with Gasteiger partial charge < -0.3 is 15.7 Å². The Labute approximate surface area is 108 Å². The number of rotatable bonds is 4. The van der Waals surface area contributed by atoms with Crippen molar-refractivity contribution in [2.75, 3.05) is 0 Å². The summed E-state index contributed by atoms with van der Waals surface area (Å²) in [6, 6.07) is -0.954. The molecular weight excluding hydrogens is 232 g/mol. The number of hydrogen-bond acceptors (Lipinski definition) is 2. The van der Waals surface area contributed by atoms with Crippen LogP contribution in [0.1, 0.15) is 58.3 Å². The van der Waals surface area contributed by atoms with Crippen molar-refractivity contribution in [1.29, 1.82) is 0 Å². The van der Waals surface area contributed by atoms with Gasteiger partial charge in [-0.15, -0.1) is 0 Å². The molecule has 5 heteroatoms. The minimum atomic E-state index is -0.981. The minimum absolute atomic E-state index is 0.191. The number of carbonyl (C=O) groups is 2. The van der Waals surface area contributed by atoms with Crippen LogP contribution in [0.4, 0.5) is 4.79 Å². The monoisotopic (exact) mass is 256 g/mol. The molecule has 0 saturated heterocycles. The molecule has 1 atom stereocenters. The van der Waals surface area contributed by atoms with E-state index in [4.69, 9.17) is 5.11 Å². The smallest absolute Gasteiger partial charge is 0.326 e. The highest BCUT2D eigenvalue weighted by molar-refractivity contribution is 5.82. The normalized spacial score (nSPS) is 19.4. The van der Waals surface area contributed by atoms with E-state index in [2.05, 4.69) is 10.6 Å². The predicted molar refractivity (Wildman–Crippen MR) is 69.5 cm³/mol. The van der Waals surface area contributed by atoms with Crippen LogP contribution >= 0.6 is 0 Å². The molecule has 3 N–H and O–H groups in total. The van der Waals surface area contributed by atoms with Crippen LogP contribution in [-0.4, -0.2) is 29.2 Å². The van der Waals surface area contributed by atoms with Gasteiger partial charge in [0.05, 0.1) is 0 Å². The van der Waals surface area contributed by atoms with E-state index in [-0.39, 0.29) is 12.1 Å². The summed E-state index contributed by atoms with van der Waals surface area (Å²) in [6.45, 7) is 1.74. The summed E-state index contributed by atoms with van der Waals surface area (Å²) in [4.78, 5) is 22.5. The first-order valence-electron chi connectivity index (χ1n) is 6.93. The van der Waals surface area contributed by atoms with Crippen molar-refractivity contribution in [1.82, 2.24) is 10.6 Å². The molecule has 18 heavy (non-hydrogen) atoms. The number of aliphatic carboxylic acids is 1. The number of amides is 2. The molecule has 0 aliphatic heterocycles. The van der Waals surface area contributed by atoms with E-state index in [9.17, 15) is 9.59 Å². The minimum Gasteiger partial charge on any atom is -0.480 e. The lowest BCUT2D eigenvalue weighted by molar-refractivity contribution is -0.139. The maximum atomic E-state index is 11.7. The molecule has 1 rings (SSSR count). The standard InChI is InChI=1S/C13H24N2O3/c1-2-11(12(16)17)15-13(18)14-10-8-6-4-3-5-7-9-10/h10-11H,2-9H2,1H3,(H,16,17)(H2,14,15,18). The van der Waals surface area contributed by atoms with Crippen molar-refractivity contribution in [3.8, 4) is 0 Å². The largest absolute Gasteiger partial charge is 0.480 e. The van der Waals surface area contributed by atoms with Gasteiger partial charge in [0.25, 0.3) is 0 Å². The number of carbonyl (C=O) groups excluding carboxylic acids is 1. The fourth-order valence-corrected chi connectivity index (χ4v) is 2.32. The molecule has 0 bridgehead atoms. The Kier molecular flexibility index (Phi) is 6.54. The first-order valence-corrected chi connectivity index (χ1v) is 6.93. The second-order valence-electron chi connectivity index (χ2n) is 4.96. The van der Waals surface area contributed by atoms with Gasteiger partial charge >= 0.3 is 12.0 Å². The zero-order valence-corrected chi connectivity index (χ0v) is 11.1. The van der Waals surface area contributed by atoms with Crippen molar-refractivity contribution in [3.05, 3.63) is 0 Å². The first-order chi connectivity index (χ1) is 8.63. The Balaban J connectivity index is 2.35. The Morgan fingerprint density at radius 1 is 1.17 bits per heavy atom. The Morgan fingerprint density at radius 3 is 2.22 bits per heavy atom. The first kappa shape index (κ1) is 14.8. The fraction of sp³-hybridized carbons (Fsp3) is 0.846. The lowest BCUT2D eigenvalue weighted by Gasteiger charge is -2.22. The molecule has 0 spiro atoms. The molecule has 1 unspecified atom stereocenters. The lowest BCUT2D eigenvalue weighted by Crippen LogP contribution is -2.48. The summed E-state index contributed by atoms with van der Waals surface area (Å²) in [7, 11) is 0. The summed E-state index contributed by atoms with van der Waals surface area (Å²) < 4.78 is 0. The van der Waals surface area contributed by atoms with Crippen molar-refractivity contribution in [2.24, 2.45) is 0 Å². The molecule has 1 fully saturated rings. The van der Waals surface area contributed by atoms with Gasteiger partial charge in [0.2, 0.25) is 0 Å². The summed E-state index contributed by atoms with van der Waals surface area (Å²) in [5.41, 5.74) is 0. The number of hydrogen-bond donors (Lipinski definition) is 3. The van der Waals surface area contributed by atoms with Gasteiger partial charge in [-0.05, 0) is 19.3 Å². The molecular formula is C13H24N2O3. The third kappa shape index (κ3) is 5.38. The zero-order valence-electron chi connectivity index (χ0n) is 11.1. The Morgan fingerprint density at radius 2 is 1.72 bits per heavy atom.